The zero-order valence-electron chi connectivity index (χ0n) is 19.0. The number of rotatable bonds is 7. The Morgan fingerprint density at radius 2 is 2.15 bits per heavy atom. The smallest absolute Gasteiger partial charge is 0.295 e. The summed E-state index contributed by atoms with van der Waals surface area (Å²) in [5.41, 5.74) is 4.86. The molecule has 2 fully saturated rings. The van der Waals surface area contributed by atoms with E-state index < -0.39 is 0 Å². The van der Waals surface area contributed by atoms with Crippen molar-refractivity contribution in [2.75, 3.05) is 18.4 Å². The van der Waals surface area contributed by atoms with Crippen LogP contribution in [0.2, 0.25) is 0 Å². The van der Waals surface area contributed by atoms with Crippen LogP contribution in [0.3, 0.4) is 0 Å². The van der Waals surface area contributed by atoms with Gasteiger partial charge in [0.2, 0.25) is 0 Å². The molecule has 1 saturated carbocycles. The van der Waals surface area contributed by atoms with Crippen LogP contribution in [-0.4, -0.2) is 41.6 Å². The Morgan fingerprint density at radius 1 is 1.30 bits per heavy atom. The zero-order chi connectivity index (χ0) is 22.9. The standard InChI is InChI=1S/C27H28N4O2/c1-4-8-20(18-10-7-9-17(2)13-18)25(28-3)26(32)31-16-19-14-21(19)23(31)15-29-27-30-22-11-5-6-12-24(22)33-27/h4-13,19,21,23H,3,14-16H2,1-2H3,(H,29,30)/b8-4-,25-20+/t19-,21-,23-/m1/s1. The maximum absolute atomic E-state index is 13.7. The van der Waals surface area contributed by atoms with Crippen molar-refractivity contribution in [2.24, 2.45) is 16.8 Å². The summed E-state index contributed by atoms with van der Waals surface area (Å²) in [4.78, 5) is 24.4. The van der Waals surface area contributed by atoms with Crippen molar-refractivity contribution in [1.82, 2.24) is 9.88 Å². The molecule has 1 aromatic heterocycles. The van der Waals surface area contributed by atoms with E-state index in [2.05, 4.69) is 28.1 Å². The number of carbonyl (C=O) groups excluding carboxylic acids is 1. The Hall–Kier alpha value is -3.67. The van der Waals surface area contributed by atoms with E-state index >= 15 is 0 Å². The Balaban J connectivity index is 1.40. The van der Waals surface area contributed by atoms with Crippen LogP contribution in [0.15, 0.2) is 75.8 Å². The highest BCUT2D eigenvalue weighted by atomic mass is 16.4. The van der Waals surface area contributed by atoms with Crippen LogP contribution in [0.25, 0.3) is 16.7 Å². The Morgan fingerprint density at radius 3 is 2.91 bits per heavy atom. The third kappa shape index (κ3) is 4.09. The van der Waals surface area contributed by atoms with Crippen molar-refractivity contribution in [2.45, 2.75) is 26.3 Å². The van der Waals surface area contributed by atoms with E-state index in [0.29, 0.717) is 30.1 Å². The van der Waals surface area contributed by atoms with E-state index in [0.717, 1.165) is 40.8 Å². The van der Waals surface area contributed by atoms with Gasteiger partial charge in [-0.25, -0.2) is 0 Å². The molecule has 1 amide bonds. The predicted molar refractivity (Wildman–Crippen MR) is 132 cm³/mol. The number of nitrogens with one attached hydrogen (secondary N) is 1. The largest absolute Gasteiger partial charge is 0.424 e. The molecule has 0 unspecified atom stereocenters. The third-order valence-electron chi connectivity index (χ3n) is 6.60. The maximum atomic E-state index is 13.7. The molecule has 0 bridgehead atoms. The predicted octanol–water partition coefficient (Wildman–Crippen LogP) is 5.08. The van der Waals surface area contributed by atoms with Crippen molar-refractivity contribution in [3.8, 4) is 0 Å². The molecular formula is C27H28N4O2. The Bertz CT molecular complexity index is 1240. The molecule has 168 valence electrons. The number of carbonyl (C=O) groups is 1. The molecule has 2 aliphatic rings. The number of hydrogen-bond donors (Lipinski definition) is 1. The van der Waals surface area contributed by atoms with Gasteiger partial charge < -0.3 is 14.6 Å². The van der Waals surface area contributed by atoms with E-state index in [1.807, 2.05) is 73.4 Å². The Labute approximate surface area is 193 Å². The molecule has 1 N–H and O–H groups in total. The number of amides is 1. The lowest BCUT2D eigenvalue weighted by Gasteiger charge is -2.28. The highest BCUT2D eigenvalue weighted by molar-refractivity contribution is 6.03. The summed E-state index contributed by atoms with van der Waals surface area (Å²) in [5, 5.41) is 3.32. The number of aryl methyl sites for hydroxylation is 1. The molecule has 2 heterocycles. The number of aromatic nitrogens is 1. The van der Waals surface area contributed by atoms with Crippen LogP contribution in [0.1, 0.15) is 24.5 Å². The summed E-state index contributed by atoms with van der Waals surface area (Å²) in [6, 6.07) is 16.4. The number of para-hydroxylation sites is 2. The molecule has 0 spiro atoms. The van der Waals surface area contributed by atoms with E-state index in [-0.39, 0.29) is 11.9 Å². The molecular weight excluding hydrogens is 412 g/mol. The molecule has 0 radical (unpaired) electrons. The first kappa shape index (κ1) is 21.2. The second kappa shape index (κ2) is 8.70. The number of anilines is 1. The number of likely N-dealkylation sites (tertiary alicyclic amines) is 1. The average Bonchev–Trinajstić information content (AvgIpc) is 3.31. The molecule has 5 rings (SSSR count). The van der Waals surface area contributed by atoms with Crippen LogP contribution < -0.4 is 5.32 Å². The first-order valence-electron chi connectivity index (χ1n) is 11.4. The van der Waals surface area contributed by atoms with Gasteiger partial charge in [0.05, 0.1) is 6.04 Å². The van der Waals surface area contributed by atoms with Gasteiger partial charge in [0.1, 0.15) is 11.2 Å². The number of benzene rings is 2. The molecule has 6 heteroatoms. The average molecular weight is 441 g/mol. The maximum Gasteiger partial charge on any atom is 0.295 e. The minimum atomic E-state index is -0.0730. The van der Waals surface area contributed by atoms with E-state index in [1.54, 1.807) is 0 Å². The van der Waals surface area contributed by atoms with Crippen LogP contribution in [0.4, 0.5) is 6.01 Å². The number of piperidine rings is 1. The lowest BCUT2D eigenvalue weighted by Crippen LogP contribution is -2.43. The van der Waals surface area contributed by atoms with E-state index in [9.17, 15) is 4.79 Å². The summed E-state index contributed by atoms with van der Waals surface area (Å²) in [7, 11) is 0. The SMILES string of the molecule is C=N/C(C(=O)N1C[C@H]2C[C@H]2[C@H]1CNc1nc2ccccc2o1)=C(\C=C/C)c1cccc(C)c1. The lowest BCUT2D eigenvalue weighted by molar-refractivity contribution is -0.128. The van der Waals surface area contributed by atoms with Crippen molar-refractivity contribution < 1.29 is 9.21 Å². The highest BCUT2D eigenvalue weighted by Gasteiger charge is 2.54. The van der Waals surface area contributed by atoms with Crippen molar-refractivity contribution in [3.63, 3.8) is 0 Å². The summed E-state index contributed by atoms with van der Waals surface area (Å²) in [5.74, 6) is 0.983. The van der Waals surface area contributed by atoms with E-state index in [1.165, 1.54) is 0 Å². The van der Waals surface area contributed by atoms with Gasteiger partial charge in [-0.1, -0.05) is 54.1 Å². The molecule has 1 aliphatic heterocycles. The molecule has 1 saturated heterocycles. The number of nitrogens with zero attached hydrogens (tertiary/aromatic N) is 3. The summed E-state index contributed by atoms with van der Waals surface area (Å²) in [6.45, 7) is 9.07. The Kier molecular flexibility index (Phi) is 5.58. The second-order valence-corrected chi connectivity index (χ2v) is 8.84. The monoisotopic (exact) mass is 440 g/mol. The zero-order valence-corrected chi connectivity index (χ0v) is 19.0. The van der Waals surface area contributed by atoms with Gasteiger partial charge in [-0.05, 0) is 56.5 Å². The van der Waals surface area contributed by atoms with Gasteiger partial charge in [0, 0.05) is 18.7 Å². The van der Waals surface area contributed by atoms with Crippen molar-refractivity contribution >= 4 is 35.3 Å². The lowest BCUT2D eigenvalue weighted by atomic mass is 10.00. The van der Waals surface area contributed by atoms with Crippen LogP contribution in [-0.2, 0) is 4.79 Å². The van der Waals surface area contributed by atoms with Gasteiger partial charge >= 0.3 is 0 Å². The van der Waals surface area contributed by atoms with Gasteiger partial charge in [-0.3, -0.25) is 9.79 Å². The minimum Gasteiger partial charge on any atom is -0.424 e. The molecule has 6 nitrogen and oxygen atoms in total. The molecule has 3 atom stereocenters. The molecule has 1 aliphatic carbocycles. The fourth-order valence-corrected chi connectivity index (χ4v) is 4.90. The quantitative estimate of drug-likeness (QED) is 0.316. The van der Waals surface area contributed by atoms with Gasteiger partial charge in [0.25, 0.3) is 11.9 Å². The normalized spacial score (nSPS) is 22.4. The highest BCUT2D eigenvalue weighted by Crippen LogP contribution is 2.50. The fourth-order valence-electron chi connectivity index (χ4n) is 4.90. The second-order valence-electron chi connectivity index (χ2n) is 8.84. The first-order valence-corrected chi connectivity index (χ1v) is 11.4. The summed E-state index contributed by atoms with van der Waals surface area (Å²) < 4.78 is 5.81. The number of fused-ring (bicyclic) bond motifs is 2. The topological polar surface area (TPSA) is 70.7 Å². The van der Waals surface area contributed by atoms with Crippen LogP contribution in [0.5, 0.6) is 0 Å². The van der Waals surface area contributed by atoms with Crippen molar-refractivity contribution in [1.29, 1.82) is 0 Å². The number of allylic oxidation sites excluding steroid dienone is 3. The van der Waals surface area contributed by atoms with Crippen LogP contribution >= 0.6 is 0 Å². The molecule has 33 heavy (non-hydrogen) atoms. The van der Waals surface area contributed by atoms with Gasteiger partial charge in [-0.2, -0.15) is 4.98 Å². The summed E-state index contributed by atoms with van der Waals surface area (Å²) in [6.07, 6.45) is 5.03. The molecule has 2 aromatic carbocycles. The summed E-state index contributed by atoms with van der Waals surface area (Å²) >= 11 is 0. The third-order valence-corrected chi connectivity index (χ3v) is 6.60. The minimum absolute atomic E-state index is 0.0682. The van der Waals surface area contributed by atoms with Crippen molar-refractivity contribution in [3.05, 3.63) is 77.5 Å². The molecule has 3 aromatic rings. The fraction of sp³-hybridized carbons (Fsp3) is 0.296. The van der Waals surface area contributed by atoms with Gasteiger partial charge in [0.15, 0.2) is 5.58 Å². The van der Waals surface area contributed by atoms with E-state index in [4.69, 9.17) is 4.42 Å². The van der Waals surface area contributed by atoms with Gasteiger partial charge in [-0.15, -0.1) is 0 Å². The number of oxazole rings is 1. The first-order chi connectivity index (χ1) is 16.1. The van der Waals surface area contributed by atoms with Crippen LogP contribution in [0, 0.1) is 18.8 Å². The number of hydrogen-bond acceptors (Lipinski definition) is 5. The number of aliphatic imine (C=N–C) groups is 1.